The van der Waals surface area contributed by atoms with Gasteiger partial charge in [-0.15, -0.1) is 0 Å². The summed E-state index contributed by atoms with van der Waals surface area (Å²) < 4.78 is 10.7. The highest BCUT2D eigenvalue weighted by molar-refractivity contribution is 5.82. The third kappa shape index (κ3) is 5.04. The van der Waals surface area contributed by atoms with Gasteiger partial charge in [0.1, 0.15) is 11.7 Å². The van der Waals surface area contributed by atoms with Crippen LogP contribution in [0.1, 0.15) is 27.2 Å². The van der Waals surface area contributed by atoms with Gasteiger partial charge in [0.05, 0.1) is 25.3 Å². The largest absolute Gasteiger partial charge is 0.444 e. The van der Waals surface area contributed by atoms with Crippen molar-refractivity contribution in [3.8, 4) is 0 Å². The maximum Gasteiger partial charge on any atom is 0.410 e. The second kappa shape index (κ2) is 7.86. The van der Waals surface area contributed by atoms with E-state index >= 15 is 0 Å². The van der Waals surface area contributed by atoms with Crippen molar-refractivity contribution in [2.24, 2.45) is 5.92 Å². The van der Waals surface area contributed by atoms with Crippen molar-refractivity contribution in [3.05, 3.63) is 0 Å². The van der Waals surface area contributed by atoms with E-state index in [2.05, 4.69) is 5.32 Å². The number of nitrogens with one attached hydrogen (secondary N) is 1. The number of hydrogen-bond donors (Lipinski definition) is 4. The number of aliphatic hydroxyl groups excluding tert-OH is 3. The number of ether oxygens (including phenoxy) is 2. The molecule has 2 aliphatic rings. The highest BCUT2D eigenvalue weighted by Crippen LogP contribution is 2.26. The van der Waals surface area contributed by atoms with Crippen molar-refractivity contribution < 1.29 is 34.4 Å². The molecule has 2 fully saturated rings. The lowest BCUT2D eigenvalue weighted by Gasteiger charge is -2.34. The van der Waals surface area contributed by atoms with Gasteiger partial charge >= 0.3 is 6.09 Å². The van der Waals surface area contributed by atoms with Crippen molar-refractivity contribution in [2.45, 2.75) is 57.1 Å². The second-order valence-electron chi connectivity index (χ2n) is 7.56. The van der Waals surface area contributed by atoms with Gasteiger partial charge in [0.15, 0.2) is 6.10 Å². The van der Waals surface area contributed by atoms with Crippen LogP contribution in [-0.4, -0.2) is 88.5 Å². The zero-order chi connectivity index (χ0) is 18.8. The molecule has 1 saturated carbocycles. The molecule has 0 spiro atoms. The molecular weight excluding hydrogens is 332 g/mol. The normalized spacial score (nSPS) is 33.2. The van der Waals surface area contributed by atoms with E-state index in [9.17, 15) is 24.9 Å². The summed E-state index contributed by atoms with van der Waals surface area (Å²) in [6.45, 7) is 5.61. The first-order chi connectivity index (χ1) is 11.6. The van der Waals surface area contributed by atoms with Crippen molar-refractivity contribution in [1.82, 2.24) is 10.2 Å². The van der Waals surface area contributed by atoms with E-state index in [-0.39, 0.29) is 26.2 Å². The van der Waals surface area contributed by atoms with Crippen LogP contribution in [0.15, 0.2) is 0 Å². The van der Waals surface area contributed by atoms with Gasteiger partial charge in [-0.25, -0.2) is 4.79 Å². The fourth-order valence-corrected chi connectivity index (χ4v) is 3.02. The highest BCUT2D eigenvalue weighted by atomic mass is 16.6. The number of carbonyl (C=O) groups is 2. The summed E-state index contributed by atoms with van der Waals surface area (Å²) in [5.41, 5.74) is -0.628. The SMILES string of the molecule is CC(C)(C)OC(=O)N1CCO[C@@H](C(=O)N[C@@H]2C[C@H](CO)[C@@H](O)[C@H]2O)C1. The molecule has 25 heavy (non-hydrogen) atoms. The predicted molar refractivity (Wildman–Crippen MR) is 86.7 cm³/mol. The van der Waals surface area contributed by atoms with E-state index in [1.807, 2.05) is 0 Å². The molecule has 2 rings (SSSR count). The number of amides is 2. The molecule has 2 amide bonds. The van der Waals surface area contributed by atoms with Crippen molar-refractivity contribution >= 4 is 12.0 Å². The Morgan fingerprint density at radius 1 is 1.28 bits per heavy atom. The molecule has 1 aliphatic heterocycles. The van der Waals surface area contributed by atoms with Crippen LogP contribution < -0.4 is 5.32 Å². The molecule has 0 radical (unpaired) electrons. The van der Waals surface area contributed by atoms with Crippen LogP contribution in [0.5, 0.6) is 0 Å². The van der Waals surface area contributed by atoms with E-state index in [0.717, 1.165) is 0 Å². The Morgan fingerprint density at radius 3 is 2.52 bits per heavy atom. The lowest BCUT2D eigenvalue weighted by atomic mass is 10.1. The van der Waals surface area contributed by atoms with Gasteiger partial charge in [-0.05, 0) is 27.2 Å². The van der Waals surface area contributed by atoms with Crippen LogP contribution in [-0.2, 0) is 14.3 Å². The topological polar surface area (TPSA) is 129 Å². The zero-order valence-electron chi connectivity index (χ0n) is 14.8. The van der Waals surface area contributed by atoms with Gasteiger partial charge in [-0.1, -0.05) is 0 Å². The molecule has 0 aromatic heterocycles. The molecular formula is C16H28N2O7. The van der Waals surface area contributed by atoms with Gasteiger partial charge in [0, 0.05) is 19.1 Å². The fourth-order valence-electron chi connectivity index (χ4n) is 3.02. The number of rotatable bonds is 3. The molecule has 144 valence electrons. The summed E-state index contributed by atoms with van der Waals surface area (Å²) in [6, 6.07) is -0.667. The molecule has 1 aliphatic carbocycles. The van der Waals surface area contributed by atoms with Crippen LogP contribution in [0.2, 0.25) is 0 Å². The average Bonchev–Trinajstić information content (AvgIpc) is 2.81. The Hall–Kier alpha value is -1.42. The molecule has 1 heterocycles. The predicted octanol–water partition coefficient (Wildman–Crippen LogP) is -1.16. The van der Waals surface area contributed by atoms with Gasteiger partial charge in [0.2, 0.25) is 0 Å². The van der Waals surface area contributed by atoms with E-state index in [1.54, 1.807) is 20.8 Å². The summed E-state index contributed by atoms with van der Waals surface area (Å²) in [5.74, 6) is -0.950. The molecule has 1 saturated heterocycles. The number of carbonyl (C=O) groups excluding carboxylic acids is 2. The highest BCUT2D eigenvalue weighted by Gasteiger charge is 2.43. The molecule has 9 nitrogen and oxygen atoms in total. The third-order valence-corrected chi connectivity index (χ3v) is 4.37. The molecule has 5 atom stereocenters. The van der Waals surface area contributed by atoms with Crippen LogP contribution in [0, 0.1) is 5.92 Å². The Labute approximate surface area is 146 Å². The molecule has 9 heteroatoms. The summed E-state index contributed by atoms with van der Waals surface area (Å²) in [5, 5.41) is 31.6. The molecule has 0 aromatic rings. The van der Waals surface area contributed by atoms with E-state index in [0.29, 0.717) is 6.54 Å². The maximum atomic E-state index is 12.4. The summed E-state index contributed by atoms with van der Waals surface area (Å²) in [4.78, 5) is 25.9. The second-order valence-corrected chi connectivity index (χ2v) is 7.56. The number of morpholine rings is 1. The number of aliphatic hydroxyl groups is 3. The van der Waals surface area contributed by atoms with Gasteiger partial charge in [-0.2, -0.15) is 0 Å². The smallest absolute Gasteiger partial charge is 0.410 e. The van der Waals surface area contributed by atoms with Crippen molar-refractivity contribution in [3.63, 3.8) is 0 Å². The van der Waals surface area contributed by atoms with Crippen LogP contribution in [0.4, 0.5) is 4.79 Å². The van der Waals surface area contributed by atoms with Gasteiger partial charge in [0.25, 0.3) is 5.91 Å². The standard InChI is InChI=1S/C16H28N2O7/c1-16(2,3)25-15(23)18-4-5-24-11(7-18)14(22)17-10-6-9(8-19)12(20)13(10)21/h9-13,19-21H,4-8H2,1-3H3,(H,17,22)/t9-,10-,11-,12-,13+/m1/s1. The Balaban J connectivity index is 1.90. The first kappa shape index (κ1) is 19.9. The Morgan fingerprint density at radius 2 is 1.96 bits per heavy atom. The van der Waals surface area contributed by atoms with E-state index in [1.165, 1.54) is 4.90 Å². The number of nitrogens with zero attached hydrogens (tertiary/aromatic N) is 1. The first-order valence-electron chi connectivity index (χ1n) is 8.49. The monoisotopic (exact) mass is 360 g/mol. The fraction of sp³-hybridized carbons (Fsp3) is 0.875. The summed E-state index contributed by atoms with van der Waals surface area (Å²) in [6.07, 6.45) is -3.34. The summed E-state index contributed by atoms with van der Waals surface area (Å²) >= 11 is 0. The molecule has 0 aromatic carbocycles. The Bertz CT molecular complexity index is 493. The third-order valence-electron chi connectivity index (χ3n) is 4.37. The quantitative estimate of drug-likeness (QED) is 0.500. The van der Waals surface area contributed by atoms with Crippen LogP contribution >= 0.6 is 0 Å². The zero-order valence-corrected chi connectivity index (χ0v) is 14.8. The minimum atomic E-state index is -1.15. The lowest BCUT2D eigenvalue weighted by molar-refractivity contribution is -0.139. The maximum absolute atomic E-state index is 12.4. The van der Waals surface area contributed by atoms with Crippen LogP contribution in [0.25, 0.3) is 0 Å². The Kier molecular flexibility index (Phi) is 6.26. The van der Waals surface area contributed by atoms with Gasteiger partial charge in [-0.3, -0.25) is 4.79 Å². The van der Waals surface area contributed by atoms with Gasteiger partial charge < -0.3 is 35.0 Å². The van der Waals surface area contributed by atoms with Crippen molar-refractivity contribution in [2.75, 3.05) is 26.3 Å². The summed E-state index contributed by atoms with van der Waals surface area (Å²) in [7, 11) is 0. The van der Waals surface area contributed by atoms with Crippen molar-refractivity contribution in [1.29, 1.82) is 0 Å². The lowest BCUT2D eigenvalue weighted by Crippen LogP contribution is -2.55. The minimum absolute atomic E-state index is 0.0511. The molecule has 0 unspecified atom stereocenters. The van der Waals surface area contributed by atoms with E-state index in [4.69, 9.17) is 9.47 Å². The van der Waals surface area contributed by atoms with E-state index < -0.39 is 47.9 Å². The molecule has 4 N–H and O–H groups in total. The average molecular weight is 360 g/mol. The number of hydrogen-bond acceptors (Lipinski definition) is 7. The van der Waals surface area contributed by atoms with Crippen LogP contribution in [0.3, 0.4) is 0 Å². The first-order valence-corrected chi connectivity index (χ1v) is 8.49. The molecule has 0 bridgehead atoms. The minimum Gasteiger partial charge on any atom is -0.444 e.